The quantitative estimate of drug-likeness (QED) is 0.535. The number of benzene rings is 2. The monoisotopic (exact) mass is 504 g/mol. The molecule has 0 spiro atoms. The number of nitrogens with zero attached hydrogens (tertiary/aromatic N) is 3. The number of primary amides is 1. The van der Waals surface area contributed by atoms with E-state index in [1.54, 1.807) is 12.1 Å². The van der Waals surface area contributed by atoms with E-state index in [2.05, 4.69) is 9.97 Å². The second-order valence-electron chi connectivity index (χ2n) is 7.52. The zero-order valence-electron chi connectivity index (χ0n) is 17.3. The SMILES string of the molecule is CC(C)N1CCOc2c(F)cc(-c3nc([AsH]c4ccc(C(N)=O)c(F)c4)ncc3F)cc21. The number of nitrogens with two attached hydrogens (primary N) is 1. The molecule has 1 aliphatic rings. The summed E-state index contributed by atoms with van der Waals surface area (Å²) in [4.78, 5) is 21.5. The molecule has 4 rings (SSSR count). The molecule has 0 radical (unpaired) electrons. The van der Waals surface area contributed by atoms with Crippen molar-refractivity contribution >= 4 is 36.3 Å². The van der Waals surface area contributed by atoms with E-state index in [-0.39, 0.29) is 28.6 Å². The van der Waals surface area contributed by atoms with Gasteiger partial charge in [0.25, 0.3) is 0 Å². The number of rotatable bonds is 5. The number of aromatic nitrogens is 2. The zero-order valence-corrected chi connectivity index (χ0v) is 19.4. The molecular formula is C22H20AsF3N4O2. The zero-order chi connectivity index (χ0) is 23.0. The van der Waals surface area contributed by atoms with Gasteiger partial charge in [0, 0.05) is 0 Å². The van der Waals surface area contributed by atoms with Crippen LogP contribution in [0.1, 0.15) is 24.2 Å². The van der Waals surface area contributed by atoms with Crippen LogP contribution < -0.4 is 24.3 Å². The molecule has 2 N–H and O–H groups in total. The van der Waals surface area contributed by atoms with Crippen molar-refractivity contribution < 1.29 is 22.7 Å². The third kappa shape index (κ3) is 4.30. The Morgan fingerprint density at radius 1 is 1.16 bits per heavy atom. The first-order chi connectivity index (χ1) is 15.2. The van der Waals surface area contributed by atoms with E-state index in [0.29, 0.717) is 27.8 Å². The Morgan fingerprint density at radius 2 is 1.94 bits per heavy atom. The van der Waals surface area contributed by atoms with E-state index in [9.17, 15) is 18.0 Å². The van der Waals surface area contributed by atoms with E-state index < -0.39 is 39.1 Å². The van der Waals surface area contributed by atoms with Gasteiger partial charge in [-0.05, 0) is 0 Å². The summed E-state index contributed by atoms with van der Waals surface area (Å²) in [7, 11) is 0. The molecule has 0 saturated heterocycles. The average Bonchev–Trinajstić information content (AvgIpc) is 2.74. The van der Waals surface area contributed by atoms with E-state index >= 15 is 0 Å². The Morgan fingerprint density at radius 3 is 2.62 bits per heavy atom. The molecule has 1 amide bonds. The molecule has 0 aliphatic carbocycles. The van der Waals surface area contributed by atoms with E-state index in [0.717, 1.165) is 6.20 Å². The first kappa shape index (κ1) is 22.1. The molecule has 0 saturated carbocycles. The first-order valence-corrected chi connectivity index (χ1v) is 12.0. The van der Waals surface area contributed by atoms with Gasteiger partial charge in [-0.1, -0.05) is 0 Å². The fraction of sp³-hybridized carbons (Fsp3) is 0.227. The number of halogens is 3. The molecule has 2 heterocycles. The molecule has 1 atom stereocenters. The van der Waals surface area contributed by atoms with Crippen LogP contribution in [0.25, 0.3) is 11.3 Å². The number of hydrogen-bond donors (Lipinski definition) is 1. The van der Waals surface area contributed by atoms with Crippen molar-refractivity contribution in [1.82, 2.24) is 9.97 Å². The number of ether oxygens (including phenoxy) is 1. The number of hydrogen-bond acceptors (Lipinski definition) is 5. The molecule has 1 aliphatic heterocycles. The van der Waals surface area contributed by atoms with Crippen LogP contribution in [0.3, 0.4) is 0 Å². The summed E-state index contributed by atoms with van der Waals surface area (Å²) in [6.45, 7) is 4.92. The van der Waals surface area contributed by atoms with Gasteiger partial charge in [-0.15, -0.1) is 0 Å². The molecule has 0 fully saturated rings. The van der Waals surface area contributed by atoms with Crippen molar-refractivity contribution in [2.75, 3.05) is 18.1 Å². The average molecular weight is 504 g/mol. The molecule has 6 nitrogen and oxygen atoms in total. The van der Waals surface area contributed by atoms with Crippen LogP contribution >= 0.6 is 0 Å². The Hall–Kier alpha value is -3.06. The minimum atomic E-state index is -1.25. The summed E-state index contributed by atoms with van der Waals surface area (Å²) in [6.07, 6.45) is 1.03. The van der Waals surface area contributed by atoms with E-state index in [1.165, 1.54) is 18.2 Å². The first-order valence-electron chi connectivity index (χ1n) is 9.87. The van der Waals surface area contributed by atoms with Crippen LogP contribution in [0.4, 0.5) is 18.9 Å². The molecule has 10 heteroatoms. The van der Waals surface area contributed by atoms with Crippen molar-refractivity contribution in [2.45, 2.75) is 19.9 Å². The molecular weight excluding hydrogens is 484 g/mol. The van der Waals surface area contributed by atoms with Crippen molar-refractivity contribution in [1.29, 1.82) is 0 Å². The van der Waals surface area contributed by atoms with Crippen LogP contribution in [-0.4, -0.2) is 50.8 Å². The fourth-order valence-corrected chi connectivity index (χ4v) is 5.46. The van der Waals surface area contributed by atoms with Gasteiger partial charge in [0.1, 0.15) is 0 Å². The van der Waals surface area contributed by atoms with Gasteiger partial charge in [-0.3, -0.25) is 0 Å². The Labute approximate surface area is 189 Å². The van der Waals surface area contributed by atoms with Gasteiger partial charge in [0.15, 0.2) is 0 Å². The van der Waals surface area contributed by atoms with Crippen LogP contribution in [0.2, 0.25) is 0 Å². The van der Waals surface area contributed by atoms with Gasteiger partial charge >= 0.3 is 189 Å². The maximum atomic E-state index is 14.8. The standard InChI is InChI=1S/C22H20AsF3N4O2/c1-11(2)30-5-6-32-20-16(25)7-12(8-18(20)30)19-17(26)10-28-22(29-19)23-13-3-4-14(21(27)31)15(24)9-13/h3-4,7-11,23H,5-6H2,1-2H3,(H2,27,31). The molecule has 1 unspecified atom stereocenters. The molecule has 2 aromatic carbocycles. The predicted octanol–water partition coefficient (Wildman–Crippen LogP) is 1.65. The van der Waals surface area contributed by atoms with Crippen LogP contribution in [0, 0.1) is 17.5 Å². The summed E-state index contributed by atoms with van der Waals surface area (Å²) in [5.74, 6) is -2.73. The number of fused-ring (bicyclic) bond motifs is 1. The summed E-state index contributed by atoms with van der Waals surface area (Å²) in [5, 5.41) is 0. The van der Waals surface area contributed by atoms with Crippen molar-refractivity contribution in [3.63, 3.8) is 0 Å². The Kier molecular flexibility index (Phi) is 6.10. The summed E-state index contributed by atoms with van der Waals surface area (Å²) in [6, 6.07) is 7.05. The summed E-state index contributed by atoms with van der Waals surface area (Å²) in [5.41, 5.74) is 5.69. The maximum absolute atomic E-state index is 14.8. The van der Waals surface area contributed by atoms with Crippen LogP contribution in [0.5, 0.6) is 5.75 Å². The summed E-state index contributed by atoms with van der Waals surface area (Å²) >= 11 is -1.25. The Balaban J connectivity index is 1.71. The fourth-order valence-electron chi connectivity index (χ4n) is 3.53. The second kappa shape index (κ2) is 8.82. The molecule has 1 aromatic heterocycles. The number of amides is 1. The normalized spacial score (nSPS) is 13.5. The van der Waals surface area contributed by atoms with Gasteiger partial charge < -0.3 is 0 Å². The Bertz CT molecular complexity index is 1210. The van der Waals surface area contributed by atoms with Crippen LogP contribution in [-0.2, 0) is 0 Å². The van der Waals surface area contributed by atoms with Gasteiger partial charge in [-0.2, -0.15) is 0 Å². The molecule has 3 aromatic rings. The molecule has 166 valence electrons. The topological polar surface area (TPSA) is 81.3 Å². The van der Waals surface area contributed by atoms with Crippen molar-refractivity contribution in [3.05, 3.63) is 59.5 Å². The van der Waals surface area contributed by atoms with Gasteiger partial charge in [0.05, 0.1) is 0 Å². The van der Waals surface area contributed by atoms with Gasteiger partial charge in [0.2, 0.25) is 0 Å². The third-order valence-electron chi connectivity index (χ3n) is 5.04. The molecule has 32 heavy (non-hydrogen) atoms. The number of anilines is 1. The van der Waals surface area contributed by atoms with Crippen molar-refractivity contribution in [2.24, 2.45) is 5.73 Å². The second-order valence-corrected chi connectivity index (χ2v) is 10.2. The predicted molar refractivity (Wildman–Crippen MR) is 117 cm³/mol. The summed E-state index contributed by atoms with van der Waals surface area (Å²) < 4.78 is 49.9. The van der Waals surface area contributed by atoms with E-state index in [4.69, 9.17) is 10.5 Å². The number of carbonyl (C=O) groups is 1. The third-order valence-corrected chi connectivity index (χ3v) is 7.28. The van der Waals surface area contributed by atoms with Crippen molar-refractivity contribution in [3.8, 4) is 17.0 Å². The minimum absolute atomic E-state index is 0.0380. The van der Waals surface area contributed by atoms with Gasteiger partial charge in [-0.25, -0.2) is 0 Å². The van der Waals surface area contributed by atoms with Crippen LogP contribution in [0.15, 0.2) is 36.5 Å². The van der Waals surface area contributed by atoms with E-state index in [1.807, 2.05) is 18.7 Å². The number of carbonyl (C=O) groups excluding carboxylic acids is 1. The molecule has 0 bridgehead atoms.